The Labute approximate surface area is 210 Å². The molecule has 1 aromatic heterocycles. The third kappa shape index (κ3) is 5.72. The molecule has 6 rings (SSSR count). The van der Waals surface area contributed by atoms with E-state index in [1.165, 1.54) is 50.8 Å². The second-order valence-electron chi connectivity index (χ2n) is 10.2. The van der Waals surface area contributed by atoms with Crippen molar-refractivity contribution in [3.05, 3.63) is 59.3 Å². The first-order valence-corrected chi connectivity index (χ1v) is 13.3. The molecule has 1 aromatic carbocycles. The van der Waals surface area contributed by atoms with E-state index in [4.69, 9.17) is 19.2 Å². The fourth-order valence-corrected chi connectivity index (χ4v) is 5.97. The van der Waals surface area contributed by atoms with Gasteiger partial charge in [-0.25, -0.2) is 4.98 Å². The van der Waals surface area contributed by atoms with Gasteiger partial charge in [-0.15, -0.1) is 0 Å². The Balaban J connectivity index is 1.37. The van der Waals surface area contributed by atoms with E-state index in [0.29, 0.717) is 32.3 Å². The van der Waals surface area contributed by atoms with Crippen molar-refractivity contribution in [3.8, 4) is 17.7 Å². The summed E-state index contributed by atoms with van der Waals surface area (Å²) in [4.78, 5) is 7.55. The number of hydrogen-bond donors (Lipinski definition) is 0. The average molecular weight is 475 g/mol. The monoisotopic (exact) mass is 474 g/mol. The summed E-state index contributed by atoms with van der Waals surface area (Å²) in [6, 6.07) is 14.6. The topological polar surface area (TPSA) is 43.8 Å². The number of fused-ring (bicyclic) bond motifs is 3. The van der Waals surface area contributed by atoms with Gasteiger partial charge in [0.15, 0.2) is 0 Å². The number of hydrogen-bond acceptors (Lipinski definition) is 5. The molecule has 186 valence electrons. The first-order valence-electron chi connectivity index (χ1n) is 13.3. The zero-order valence-corrected chi connectivity index (χ0v) is 21.0. The highest BCUT2D eigenvalue weighted by molar-refractivity contribution is 5.44. The number of ether oxygens (including phenoxy) is 3. The Hall–Kier alpha value is -2.39. The minimum atomic E-state index is 0.160. The van der Waals surface area contributed by atoms with Crippen molar-refractivity contribution in [3.63, 3.8) is 0 Å². The van der Waals surface area contributed by atoms with E-state index < -0.39 is 0 Å². The quantitative estimate of drug-likeness (QED) is 0.373. The summed E-state index contributed by atoms with van der Waals surface area (Å²) in [6.45, 7) is 5.81. The minimum Gasteiger partial charge on any atom is -0.475 e. The van der Waals surface area contributed by atoms with Gasteiger partial charge in [-0.3, -0.25) is 0 Å². The standard InChI is InChI=1S/C30H38N2O3/c1-33-18-19-34-20-21-35-29-11-10-25(28(31-29)22-24-6-3-2-4-7-24)12-15-30(26-8-5-9-26)23-32-16-13-27(30)14-17-32/h2-4,6-7,10-11,26-27H,5,8-9,13-14,16-23H2,1H3. The van der Waals surface area contributed by atoms with Crippen LogP contribution in [0.3, 0.4) is 0 Å². The van der Waals surface area contributed by atoms with Gasteiger partial charge in [0.25, 0.3) is 0 Å². The van der Waals surface area contributed by atoms with Crippen LogP contribution in [0.25, 0.3) is 0 Å². The molecule has 2 aromatic rings. The molecule has 3 aliphatic heterocycles. The predicted octanol–water partition coefficient (Wildman–Crippen LogP) is 4.58. The molecule has 0 amide bonds. The molecule has 1 saturated carbocycles. The van der Waals surface area contributed by atoms with Crippen molar-refractivity contribution >= 4 is 0 Å². The van der Waals surface area contributed by atoms with Gasteiger partial charge >= 0.3 is 0 Å². The molecular formula is C30H38N2O3. The molecular weight excluding hydrogens is 436 g/mol. The van der Waals surface area contributed by atoms with E-state index in [-0.39, 0.29) is 5.41 Å². The number of piperidine rings is 3. The highest BCUT2D eigenvalue weighted by Gasteiger charge is 2.51. The molecule has 1 atom stereocenters. The van der Waals surface area contributed by atoms with E-state index in [0.717, 1.165) is 36.1 Å². The highest BCUT2D eigenvalue weighted by Crippen LogP contribution is 2.53. The predicted molar refractivity (Wildman–Crippen MR) is 137 cm³/mol. The van der Waals surface area contributed by atoms with Gasteiger partial charge in [-0.05, 0) is 62.2 Å². The molecule has 4 heterocycles. The van der Waals surface area contributed by atoms with Crippen molar-refractivity contribution in [1.82, 2.24) is 9.88 Å². The molecule has 1 unspecified atom stereocenters. The van der Waals surface area contributed by atoms with Crippen molar-refractivity contribution in [1.29, 1.82) is 0 Å². The fraction of sp³-hybridized carbons (Fsp3) is 0.567. The molecule has 4 fully saturated rings. The van der Waals surface area contributed by atoms with Gasteiger partial charge in [-0.1, -0.05) is 48.6 Å². The highest BCUT2D eigenvalue weighted by atomic mass is 16.5. The molecule has 3 saturated heterocycles. The summed E-state index contributed by atoms with van der Waals surface area (Å²) >= 11 is 0. The molecule has 0 radical (unpaired) electrons. The number of pyridine rings is 1. The molecule has 0 N–H and O–H groups in total. The Morgan fingerprint density at radius 1 is 0.943 bits per heavy atom. The maximum absolute atomic E-state index is 5.91. The van der Waals surface area contributed by atoms with Crippen molar-refractivity contribution in [2.24, 2.45) is 17.3 Å². The molecule has 2 bridgehead atoms. The van der Waals surface area contributed by atoms with Crippen LogP contribution in [0, 0.1) is 29.1 Å². The Morgan fingerprint density at radius 3 is 2.40 bits per heavy atom. The lowest BCUT2D eigenvalue weighted by Gasteiger charge is -2.56. The SMILES string of the molecule is COCCOCCOc1ccc(C#CC2(C3CCC3)CN3CCC2CC3)c(Cc2ccccc2)n1. The largest absolute Gasteiger partial charge is 0.475 e. The summed E-state index contributed by atoms with van der Waals surface area (Å²) in [5, 5.41) is 0. The number of rotatable bonds is 10. The zero-order chi connectivity index (χ0) is 23.9. The Bertz CT molecular complexity index is 1020. The van der Waals surface area contributed by atoms with E-state index in [1.807, 2.05) is 6.07 Å². The summed E-state index contributed by atoms with van der Waals surface area (Å²) in [7, 11) is 1.67. The van der Waals surface area contributed by atoms with E-state index in [2.05, 4.69) is 53.1 Å². The molecule has 0 spiro atoms. The van der Waals surface area contributed by atoms with Gasteiger partial charge in [0.05, 0.1) is 30.9 Å². The van der Waals surface area contributed by atoms with Crippen molar-refractivity contribution < 1.29 is 14.2 Å². The maximum atomic E-state index is 5.91. The number of benzene rings is 1. The van der Waals surface area contributed by atoms with Gasteiger partial charge in [0.1, 0.15) is 6.61 Å². The second kappa shape index (κ2) is 11.6. The van der Waals surface area contributed by atoms with Crippen LogP contribution in [0.2, 0.25) is 0 Å². The third-order valence-electron chi connectivity index (χ3n) is 8.14. The zero-order valence-electron chi connectivity index (χ0n) is 21.0. The number of methoxy groups -OCH3 is 1. The third-order valence-corrected chi connectivity index (χ3v) is 8.14. The Kier molecular flexibility index (Phi) is 8.03. The first-order chi connectivity index (χ1) is 17.3. The van der Waals surface area contributed by atoms with Crippen molar-refractivity contribution in [2.75, 3.05) is 53.2 Å². The van der Waals surface area contributed by atoms with Crippen LogP contribution in [0.5, 0.6) is 5.88 Å². The fourth-order valence-electron chi connectivity index (χ4n) is 5.97. The minimum absolute atomic E-state index is 0.160. The van der Waals surface area contributed by atoms with Crippen LogP contribution in [0.4, 0.5) is 0 Å². The lowest BCUT2D eigenvalue weighted by Crippen LogP contribution is -2.58. The number of aromatic nitrogens is 1. The maximum Gasteiger partial charge on any atom is 0.213 e. The smallest absolute Gasteiger partial charge is 0.213 e. The van der Waals surface area contributed by atoms with E-state index in [9.17, 15) is 0 Å². The van der Waals surface area contributed by atoms with Crippen LogP contribution >= 0.6 is 0 Å². The lowest BCUT2D eigenvalue weighted by atomic mass is 9.55. The van der Waals surface area contributed by atoms with Crippen LogP contribution in [-0.4, -0.2) is 63.1 Å². The summed E-state index contributed by atoms with van der Waals surface area (Å²) in [6.07, 6.45) is 7.40. The van der Waals surface area contributed by atoms with E-state index >= 15 is 0 Å². The second-order valence-corrected chi connectivity index (χ2v) is 10.2. The Morgan fingerprint density at radius 2 is 1.71 bits per heavy atom. The average Bonchev–Trinajstić information content (AvgIpc) is 2.86. The van der Waals surface area contributed by atoms with Crippen LogP contribution < -0.4 is 4.74 Å². The van der Waals surface area contributed by atoms with Gasteiger partial charge in [0.2, 0.25) is 5.88 Å². The van der Waals surface area contributed by atoms with Gasteiger partial charge in [-0.2, -0.15) is 0 Å². The molecule has 5 nitrogen and oxygen atoms in total. The van der Waals surface area contributed by atoms with Crippen LogP contribution in [0.1, 0.15) is 48.9 Å². The first kappa shape index (κ1) is 24.3. The van der Waals surface area contributed by atoms with Crippen LogP contribution in [-0.2, 0) is 15.9 Å². The summed E-state index contributed by atoms with van der Waals surface area (Å²) < 4.78 is 16.4. The lowest BCUT2D eigenvalue weighted by molar-refractivity contribution is -0.0502. The normalized spacial score (nSPS) is 25.5. The van der Waals surface area contributed by atoms with E-state index in [1.54, 1.807) is 7.11 Å². The molecule has 35 heavy (non-hydrogen) atoms. The summed E-state index contributed by atoms with van der Waals surface area (Å²) in [5.41, 5.74) is 3.42. The van der Waals surface area contributed by atoms with Gasteiger partial charge < -0.3 is 19.1 Å². The van der Waals surface area contributed by atoms with Gasteiger partial charge in [0, 0.05) is 31.7 Å². The molecule has 1 aliphatic carbocycles. The summed E-state index contributed by atoms with van der Waals surface area (Å²) in [5.74, 6) is 9.70. The number of nitrogens with zero attached hydrogens (tertiary/aromatic N) is 2. The molecule has 5 heteroatoms. The van der Waals surface area contributed by atoms with Crippen LogP contribution in [0.15, 0.2) is 42.5 Å². The molecule has 4 aliphatic rings. The van der Waals surface area contributed by atoms with Crippen molar-refractivity contribution in [2.45, 2.75) is 38.5 Å².